The Morgan fingerprint density at radius 1 is 1.14 bits per heavy atom. The topological polar surface area (TPSA) is 105 Å². The Balaban J connectivity index is 1.58. The molecule has 1 unspecified atom stereocenters. The van der Waals surface area contributed by atoms with Gasteiger partial charge in [0, 0.05) is 24.0 Å². The normalized spacial score (nSPS) is 15.4. The molecular weight excluding hydrogens is 464 g/mol. The highest BCUT2D eigenvalue weighted by Crippen LogP contribution is 2.29. The fraction of sp³-hybridized carbons (Fsp3) is 0.393. The molecule has 0 saturated heterocycles. The summed E-state index contributed by atoms with van der Waals surface area (Å²) in [4.78, 5) is 29.6. The first kappa shape index (κ1) is 24.7. The van der Waals surface area contributed by atoms with Crippen LogP contribution in [0.2, 0.25) is 0 Å². The van der Waals surface area contributed by atoms with Crippen LogP contribution in [0.15, 0.2) is 47.4 Å². The van der Waals surface area contributed by atoms with Gasteiger partial charge in [-0.3, -0.25) is 4.79 Å². The summed E-state index contributed by atoms with van der Waals surface area (Å²) in [6.07, 6.45) is 3.63. The van der Waals surface area contributed by atoms with Gasteiger partial charge in [0.25, 0.3) is 5.56 Å². The van der Waals surface area contributed by atoms with Crippen LogP contribution in [-0.4, -0.2) is 49.4 Å². The summed E-state index contributed by atoms with van der Waals surface area (Å²) in [5.41, 5.74) is 3.73. The number of nitrogens with one attached hydrogen (secondary N) is 1. The summed E-state index contributed by atoms with van der Waals surface area (Å²) in [5, 5.41) is 13.4. The highest BCUT2D eigenvalue weighted by Gasteiger charge is 2.25. The van der Waals surface area contributed by atoms with E-state index in [0.717, 1.165) is 18.5 Å². The van der Waals surface area contributed by atoms with E-state index in [1.165, 1.54) is 11.1 Å². The lowest BCUT2D eigenvalue weighted by atomic mass is 9.91. The number of nitrogens with zero attached hydrogens (tertiary/aromatic N) is 7. The molecule has 190 valence electrons. The van der Waals surface area contributed by atoms with Gasteiger partial charge in [0.15, 0.2) is 11.5 Å². The van der Waals surface area contributed by atoms with Gasteiger partial charge < -0.3 is 10.2 Å². The van der Waals surface area contributed by atoms with E-state index in [-0.39, 0.29) is 11.6 Å². The number of anilines is 2. The molecular formula is C28H32N8O. The zero-order valence-electron chi connectivity index (χ0n) is 22.1. The summed E-state index contributed by atoms with van der Waals surface area (Å²) < 4.78 is 3.36. The van der Waals surface area contributed by atoms with Crippen molar-refractivity contribution in [3.05, 3.63) is 69.8 Å². The van der Waals surface area contributed by atoms with Crippen LogP contribution in [0.3, 0.4) is 0 Å². The van der Waals surface area contributed by atoms with Crippen LogP contribution in [0.5, 0.6) is 0 Å². The van der Waals surface area contributed by atoms with E-state index < -0.39 is 5.41 Å². The van der Waals surface area contributed by atoms with Crippen molar-refractivity contribution < 1.29 is 0 Å². The zero-order valence-corrected chi connectivity index (χ0v) is 22.1. The maximum atomic E-state index is 13.3. The Kier molecular flexibility index (Phi) is 6.08. The molecule has 3 heterocycles. The van der Waals surface area contributed by atoms with E-state index >= 15 is 0 Å². The molecule has 37 heavy (non-hydrogen) atoms. The van der Waals surface area contributed by atoms with Crippen molar-refractivity contribution in [2.24, 2.45) is 0 Å². The SMILES string of the molecule is CC(C)n1c(=O)c2cnc(Nc3ccc4c(c3)CC(N(C)C)C4)nc2n1-c1cccc(C(C)(C)C#N)n1. The Morgan fingerprint density at radius 3 is 2.59 bits per heavy atom. The van der Waals surface area contributed by atoms with Gasteiger partial charge in [0.2, 0.25) is 5.95 Å². The van der Waals surface area contributed by atoms with Crippen molar-refractivity contribution in [3.8, 4) is 11.9 Å². The first-order chi connectivity index (χ1) is 17.6. The minimum atomic E-state index is -0.775. The van der Waals surface area contributed by atoms with E-state index in [9.17, 15) is 10.1 Å². The van der Waals surface area contributed by atoms with Crippen LogP contribution < -0.4 is 10.9 Å². The predicted octanol–water partition coefficient (Wildman–Crippen LogP) is 4.13. The number of fused-ring (bicyclic) bond motifs is 2. The Bertz CT molecular complexity index is 1590. The maximum Gasteiger partial charge on any atom is 0.278 e. The standard InChI is InChI=1S/C28H32N8O/c1-17(2)35-26(37)22-15-30-27(31-20-11-10-18-13-21(34(5)6)14-19(18)12-20)33-25(22)36(35)24-9-7-8-23(32-24)28(3,4)16-29/h7-12,15,17,21H,13-14H2,1-6H3,(H,30,31,33). The second kappa shape index (κ2) is 9.12. The van der Waals surface area contributed by atoms with E-state index in [1.54, 1.807) is 15.6 Å². The number of hydrogen-bond acceptors (Lipinski definition) is 7. The number of hydrogen-bond donors (Lipinski definition) is 1. The van der Waals surface area contributed by atoms with Gasteiger partial charge in [-0.15, -0.1) is 0 Å². The van der Waals surface area contributed by atoms with Crippen molar-refractivity contribution in [1.29, 1.82) is 5.26 Å². The highest BCUT2D eigenvalue weighted by molar-refractivity contribution is 5.77. The number of rotatable bonds is 6. The molecule has 1 aliphatic carbocycles. The van der Waals surface area contributed by atoms with Crippen LogP contribution in [0.25, 0.3) is 16.9 Å². The van der Waals surface area contributed by atoms with Crippen molar-refractivity contribution >= 4 is 22.7 Å². The third kappa shape index (κ3) is 4.38. The van der Waals surface area contributed by atoms with Crippen LogP contribution in [0.1, 0.15) is 50.6 Å². The van der Waals surface area contributed by atoms with Gasteiger partial charge in [0.05, 0.1) is 17.2 Å². The fourth-order valence-electron chi connectivity index (χ4n) is 4.86. The average molecular weight is 497 g/mol. The molecule has 9 nitrogen and oxygen atoms in total. The molecule has 1 aliphatic rings. The molecule has 0 fully saturated rings. The quantitative estimate of drug-likeness (QED) is 0.428. The first-order valence-electron chi connectivity index (χ1n) is 12.5. The fourth-order valence-corrected chi connectivity index (χ4v) is 4.86. The third-order valence-electron chi connectivity index (χ3n) is 7.09. The van der Waals surface area contributed by atoms with E-state index in [0.29, 0.717) is 34.5 Å². The zero-order chi connectivity index (χ0) is 26.5. The van der Waals surface area contributed by atoms with Crippen LogP contribution in [0.4, 0.5) is 11.6 Å². The summed E-state index contributed by atoms with van der Waals surface area (Å²) in [5.74, 6) is 0.927. The van der Waals surface area contributed by atoms with Gasteiger partial charge in [-0.05, 0) is 90.0 Å². The molecule has 0 bridgehead atoms. The Labute approximate surface area is 216 Å². The van der Waals surface area contributed by atoms with Crippen LogP contribution in [0, 0.1) is 11.3 Å². The second-order valence-corrected chi connectivity index (χ2v) is 10.7. The van der Waals surface area contributed by atoms with Gasteiger partial charge >= 0.3 is 0 Å². The lowest BCUT2D eigenvalue weighted by Gasteiger charge is -2.18. The van der Waals surface area contributed by atoms with E-state index in [2.05, 4.69) is 47.5 Å². The lowest BCUT2D eigenvalue weighted by Crippen LogP contribution is -2.27. The highest BCUT2D eigenvalue weighted by atomic mass is 16.1. The molecule has 0 aliphatic heterocycles. The monoisotopic (exact) mass is 496 g/mol. The molecule has 0 radical (unpaired) electrons. The van der Waals surface area contributed by atoms with Crippen molar-refractivity contribution in [2.75, 3.05) is 19.4 Å². The van der Waals surface area contributed by atoms with Gasteiger partial charge in [-0.2, -0.15) is 10.2 Å². The molecule has 4 aromatic rings. The molecule has 3 aromatic heterocycles. The lowest BCUT2D eigenvalue weighted by molar-refractivity contribution is 0.303. The smallest absolute Gasteiger partial charge is 0.278 e. The average Bonchev–Trinajstić information content (AvgIpc) is 3.43. The minimum absolute atomic E-state index is 0.145. The maximum absolute atomic E-state index is 13.3. The van der Waals surface area contributed by atoms with E-state index in [4.69, 9.17) is 9.97 Å². The Morgan fingerprint density at radius 2 is 1.89 bits per heavy atom. The molecule has 1 aromatic carbocycles. The molecule has 0 spiro atoms. The number of nitriles is 1. The number of likely N-dealkylation sites (N-methyl/N-ethyl adjacent to an activating group) is 1. The van der Waals surface area contributed by atoms with E-state index in [1.807, 2.05) is 52.0 Å². The predicted molar refractivity (Wildman–Crippen MR) is 145 cm³/mol. The Hall–Kier alpha value is -4.03. The van der Waals surface area contributed by atoms with Gasteiger partial charge in [-0.1, -0.05) is 12.1 Å². The molecule has 9 heteroatoms. The summed E-state index contributed by atoms with van der Waals surface area (Å²) >= 11 is 0. The summed E-state index contributed by atoms with van der Waals surface area (Å²) in [7, 11) is 4.24. The van der Waals surface area contributed by atoms with Gasteiger partial charge in [0.1, 0.15) is 5.39 Å². The third-order valence-corrected chi connectivity index (χ3v) is 7.09. The molecule has 0 saturated carbocycles. The summed E-state index contributed by atoms with van der Waals surface area (Å²) in [6.45, 7) is 7.53. The van der Waals surface area contributed by atoms with Crippen molar-refractivity contribution in [2.45, 2.75) is 58.0 Å². The minimum Gasteiger partial charge on any atom is -0.324 e. The summed E-state index contributed by atoms with van der Waals surface area (Å²) in [6, 6.07) is 14.5. The molecule has 1 atom stereocenters. The van der Waals surface area contributed by atoms with Gasteiger partial charge in [-0.25, -0.2) is 19.3 Å². The molecule has 5 rings (SSSR count). The number of pyridine rings is 1. The number of benzene rings is 1. The van der Waals surface area contributed by atoms with Crippen LogP contribution in [-0.2, 0) is 18.3 Å². The van der Waals surface area contributed by atoms with Crippen molar-refractivity contribution in [3.63, 3.8) is 0 Å². The number of aromatic nitrogens is 5. The second-order valence-electron chi connectivity index (χ2n) is 10.7. The van der Waals surface area contributed by atoms with Crippen LogP contribution >= 0.6 is 0 Å². The van der Waals surface area contributed by atoms with Crippen molar-refractivity contribution in [1.82, 2.24) is 29.2 Å². The largest absolute Gasteiger partial charge is 0.324 e. The molecule has 1 N–H and O–H groups in total. The molecule has 0 amide bonds. The first-order valence-corrected chi connectivity index (χ1v) is 12.5.